The molecule has 31 heavy (non-hydrogen) atoms. The summed E-state index contributed by atoms with van der Waals surface area (Å²) in [7, 11) is 0. The number of nitrogens with one attached hydrogen (secondary N) is 2. The highest BCUT2D eigenvalue weighted by atomic mass is 16.3. The molecule has 4 N–H and O–H groups in total. The molecule has 7 heteroatoms. The maximum atomic E-state index is 12.7. The zero-order valence-corrected chi connectivity index (χ0v) is 17.5. The van der Waals surface area contributed by atoms with Gasteiger partial charge in [0.15, 0.2) is 0 Å². The van der Waals surface area contributed by atoms with Gasteiger partial charge in [-0.1, -0.05) is 6.07 Å². The Kier molecular flexibility index (Phi) is 5.48. The highest BCUT2D eigenvalue weighted by Crippen LogP contribution is 2.29. The van der Waals surface area contributed by atoms with Gasteiger partial charge in [-0.05, 0) is 73.2 Å². The number of benzene rings is 2. The maximum absolute atomic E-state index is 12.7. The van der Waals surface area contributed by atoms with Gasteiger partial charge in [-0.2, -0.15) is 0 Å². The number of aromatic amines is 1. The van der Waals surface area contributed by atoms with Crippen molar-refractivity contribution in [3.63, 3.8) is 0 Å². The number of nitrogens with zero attached hydrogens (tertiary/aromatic N) is 2. The molecule has 0 bridgehead atoms. The van der Waals surface area contributed by atoms with Crippen LogP contribution in [0.1, 0.15) is 30.4 Å². The molecular weight excluding hydrogens is 392 g/mol. The Morgan fingerprint density at radius 3 is 2.61 bits per heavy atom. The Labute approximate surface area is 180 Å². The van der Waals surface area contributed by atoms with Crippen LogP contribution in [0.15, 0.2) is 41.2 Å². The van der Waals surface area contributed by atoms with Gasteiger partial charge in [0.25, 0.3) is 5.56 Å². The number of hydrogen-bond donors (Lipinski definition) is 4. The topological polar surface area (TPSA) is 101 Å². The van der Waals surface area contributed by atoms with Crippen LogP contribution in [0.2, 0.25) is 0 Å². The van der Waals surface area contributed by atoms with Gasteiger partial charge in [0.1, 0.15) is 5.82 Å². The van der Waals surface area contributed by atoms with Crippen LogP contribution in [0.25, 0.3) is 22.3 Å². The summed E-state index contributed by atoms with van der Waals surface area (Å²) in [4.78, 5) is 22.5. The molecule has 1 saturated heterocycles. The summed E-state index contributed by atoms with van der Waals surface area (Å²) >= 11 is 0. The Morgan fingerprint density at radius 2 is 1.90 bits per heavy atom. The van der Waals surface area contributed by atoms with E-state index in [0.717, 1.165) is 37.5 Å². The lowest BCUT2D eigenvalue weighted by atomic mass is 10.1. The molecule has 1 saturated carbocycles. The Bertz CT molecular complexity index is 1140. The van der Waals surface area contributed by atoms with Crippen molar-refractivity contribution in [2.75, 3.05) is 24.5 Å². The van der Waals surface area contributed by atoms with E-state index in [4.69, 9.17) is 0 Å². The molecule has 1 aliphatic heterocycles. The second-order valence-electron chi connectivity index (χ2n) is 8.71. The predicted octanol–water partition coefficient (Wildman–Crippen LogP) is 2.15. The second-order valence-corrected chi connectivity index (χ2v) is 8.71. The lowest BCUT2D eigenvalue weighted by molar-refractivity contribution is 0.276. The number of anilines is 1. The Morgan fingerprint density at radius 1 is 1.10 bits per heavy atom. The van der Waals surface area contributed by atoms with Gasteiger partial charge in [-0.15, -0.1) is 0 Å². The van der Waals surface area contributed by atoms with Gasteiger partial charge in [-0.25, -0.2) is 4.98 Å². The summed E-state index contributed by atoms with van der Waals surface area (Å²) in [6.45, 7) is 2.75. The highest BCUT2D eigenvalue weighted by Gasteiger charge is 2.26. The summed E-state index contributed by atoms with van der Waals surface area (Å²) < 4.78 is 0. The first-order valence-corrected chi connectivity index (χ1v) is 11.0. The molecule has 1 atom stereocenters. The fourth-order valence-corrected chi connectivity index (χ4v) is 4.42. The minimum Gasteiger partial charge on any atom is -0.392 e. The predicted molar refractivity (Wildman–Crippen MR) is 121 cm³/mol. The van der Waals surface area contributed by atoms with Crippen LogP contribution in [0, 0.1) is 5.92 Å². The molecule has 0 amide bonds. The molecular formula is C24H28N4O3. The fourth-order valence-electron chi connectivity index (χ4n) is 4.42. The quantitative estimate of drug-likeness (QED) is 0.467. The van der Waals surface area contributed by atoms with Gasteiger partial charge in [-0.3, -0.25) is 4.79 Å². The highest BCUT2D eigenvalue weighted by molar-refractivity contribution is 5.83. The largest absolute Gasteiger partial charge is 0.392 e. The average Bonchev–Trinajstić information content (AvgIpc) is 3.52. The number of fused-ring (bicyclic) bond motifs is 1. The first-order chi connectivity index (χ1) is 15.1. The molecule has 5 rings (SSSR count). The van der Waals surface area contributed by atoms with E-state index in [2.05, 4.69) is 32.3 Å². The zero-order chi connectivity index (χ0) is 21.4. The van der Waals surface area contributed by atoms with Crippen LogP contribution < -0.4 is 15.8 Å². The van der Waals surface area contributed by atoms with Gasteiger partial charge in [0.05, 0.1) is 24.1 Å². The molecule has 3 aromatic rings. The van der Waals surface area contributed by atoms with Crippen molar-refractivity contribution in [2.24, 2.45) is 5.92 Å². The Balaban J connectivity index is 1.37. The van der Waals surface area contributed by atoms with Crippen molar-refractivity contribution in [3.8, 4) is 11.4 Å². The van der Waals surface area contributed by atoms with Crippen LogP contribution in [-0.4, -0.2) is 45.9 Å². The summed E-state index contributed by atoms with van der Waals surface area (Å²) in [5, 5.41) is 23.2. The van der Waals surface area contributed by atoms with Crippen molar-refractivity contribution in [1.82, 2.24) is 15.3 Å². The normalized spacial score (nSPS) is 18.8. The summed E-state index contributed by atoms with van der Waals surface area (Å²) in [6, 6.07) is 12.0. The standard InChI is InChI=1S/C24H28N4O3/c29-13-16-9-18(14-30)22-21(10-16)26-23(27-24(22)31)17-3-5-20(6-4-17)28-8-7-19(12-28)25-11-15-1-2-15/h3-6,9-10,15,19,25,29-30H,1-2,7-8,11-14H2,(H,26,27,31). The van der Waals surface area contributed by atoms with Crippen molar-refractivity contribution in [2.45, 2.75) is 38.5 Å². The first kappa shape index (κ1) is 20.2. The van der Waals surface area contributed by atoms with Crippen LogP contribution in [0.5, 0.6) is 0 Å². The van der Waals surface area contributed by atoms with Gasteiger partial charge in [0, 0.05) is 30.4 Å². The molecule has 2 aromatic carbocycles. The molecule has 162 valence electrons. The molecule has 0 spiro atoms. The molecule has 1 aliphatic carbocycles. The molecule has 1 unspecified atom stereocenters. The molecule has 2 aliphatic rings. The first-order valence-electron chi connectivity index (χ1n) is 11.0. The number of aromatic nitrogens is 2. The average molecular weight is 421 g/mol. The van der Waals surface area contributed by atoms with E-state index in [0.29, 0.717) is 33.9 Å². The van der Waals surface area contributed by atoms with Crippen LogP contribution in [-0.2, 0) is 13.2 Å². The van der Waals surface area contributed by atoms with Gasteiger partial charge in [0.2, 0.25) is 0 Å². The third-order valence-electron chi connectivity index (χ3n) is 6.39. The summed E-state index contributed by atoms with van der Waals surface area (Å²) in [5.41, 5.74) is 3.27. The van der Waals surface area contributed by atoms with E-state index in [-0.39, 0.29) is 18.8 Å². The zero-order valence-electron chi connectivity index (χ0n) is 17.5. The minimum atomic E-state index is -0.290. The van der Waals surface area contributed by atoms with Gasteiger partial charge < -0.3 is 25.4 Å². The number of aliphatic hydroxyl groups excluding tert-OH is 2. The van der Waals surface area contributed by atoms with E-state index in [1.807, 2.05) is 12.1 Å². The lowest BCUT2D eigenvalue weighted by Crippen LogP contribution is -2.33. The maximum Gasteiger partial charge on any atom is 0.259 e. The molecule has 2 fully saturated rings. The monoisotopic (exact) mass is 420 g/mol. The SMILES string of the molecule is O=c1[nH]c(-c2ccc(N3CCC(NCC4CC4)C3)cc2)nc2cc(CO)cc(CO)c12. The van der Waals surface area contributed by atoms with E-state index in [1.54, 1.807) is 12.1 Å². The Hall–Kier alpha value is -2.74. The minimum absolute atomic E-state index is 0.173. The fraction of sp³-hybridized carbons (Fsp3) is 0.417. The van der Waals surface area contributed by atoms with Crippen molar-refractivity contribution in [1.29, 1.82) is 0 Å². The van der Waals surface area contributed by atoms with Crippen LogP contribution >= 0.6 is 0 Å². The van der Waals surface area contributed by atoms with Crippen molar-refractivity contribution in [3.05, 3.63) is 57.9 Å². The second kappa shape index (κ2) is 8.42. The third-order valence-corrected chi connectivity index (χ3v) is 6.39. The van der Waals surface area contributed by atoms with Crippen LogP contribution in [0.3, 0.4) is 0 Å². The van der Waals surface area contributed by atoms with E-state index in [1.165, 1.54) is 18.5 Å². The van der Waals surface area contributed by atoms with E-state index in [9.17, 15) is 15.0 Å². The van der Waals surface area contributed by atoms with E-state index < -0.39 is 0 Å². The molecule has 2 heterocycles. The summed E-state index contributed by atoms with van der Waals surface area (Å²) in [5.74, 6) is 1.38. The molecule has 1 aromatic heterocycles. The molecule has 7 nitrogen and oxygen atoms in total. The lowest BCUT2D eigenvalue weighted by Gasteiger charge is -2.19. The summed E-state index contributed by atoms with van der Waals surface area (Å²) in [6.07, 6.45) is 3.91. The van der Waals surface area contributed by atoms with Crippen LogP contribution in [0.4, 0.5) is 5.69 Å². The third kappa shape index (κ3) is 4.21. The van der Waals surface area contributed by atoms with E-state index >= 15 is 0 Å². The number of aliphatic hydroxyl groups is 2. The number of hydrogen-bond acceptors (Lipinski definition) is 6. The van der Waals surface area contributed by atoms with Crippen molar-refractivity contribution < 1.29 is 10.2 Å². The molecule has 0 radical (unpaired) electrons. The smallest absolute Gasteiger partial charge is 0.259 e. The number of H-pyrrole nitrogens is 1. The van der Waals surface area contributed by atoms with Gasteiger partial charge >= 0.3 is 0 Å². The number of rotatable bonds is 7. The van der Waals surface area contributed by atoms with Crippen molar-refractivity contribution >= 4 is 16.6 Å².